The number of fused-ring (bicyclic) bond motifs is 5. The lowest BCUT2D eigenvalue weighted by atomic mass is 9.47. The molecule has 4 rings (SSSR count). The zero-order valence-electron chi connectivity index (χ0n) is 20.3. The Labute approximate surface area is 186 Å². The second-order valence-corrected chi connectivity index (χ2v) is 12.0. The summed E-state index contributed by atoms with van der Waals surface area (Å²) in [7, 11) is 0. The fraction of sp³-hybridized carbons (Fsp3) is 0.793. The van der Waals surface area contributed by atoms with Crippen molar-refractivity contribution < 1.29 is 5.11 Å². The minimum atomic E-state index is -0.0955. The molecule has 0 bridgehead atoms. The van der Waals surface area contributed by atoms with Crippen LogP contribution in [-0.4, -0.2) is 11.2 Å². The zero-order valence-corrected chi connectivity index (χ0v) is 20.3. The van der Waals surface area contributed by atoms with E-state index in [1.54, 1.807) is 11.1 Å². The van der Waals surface area contributed by atoms with E-state index in [1.165, 1.54) is 56.9 Å². The highest BCUT2D eigenvalue weighted by atomic mass is 16.3. The lowest BCUT2D eigenvalue weighted by Gasteiger charge is -2.58. The summed E-state index contributed by atoms with van der Waals surface area (Å²) in [6, 6.07) is 0. The van der Waals surface area contributed by atoms with Crippen LogP contribution in [0.15, 0.2) is 35.5 Å². The molecule has 30 heavy (non-hydrogen) atoms. The molecular formula is C29H46O. The van der Waals surface area contributed by atoms with Gasteiger partial charge in [-0.25, -0.2) is 0 Å². The van der Waals surface area contributed by atoms with Crippen LogP contribution in [0.1, 0.15) is 98.8 Å². The van der Waals surface area contributed by atoms with Gasteiger partial charge in [0.2, 0.25) is 0 Å². The van der Waals surface area contributed by atoms with Crippen LogP contribution in [0.2, 0.25) is 0 Å². The minimum Gasteiger partial charge on any atom is -0.393 e. The van der Waals surface area contributed by atoms with Crippen molar-refractivity contribution in [1.29, 1.82) is 0 Å². The van der Waals surface area contributed by atoms with E-state index in [2.05, 4.69) is 53.3 Å². The van der Waals surface area contributed by atoms with Crippen LogP contribution in [-0.2, 0) is 0 Å². The second-order valence-electron chi connectivity index (χ2n) is 12.0. The average Bonchev–Trinajstić information content (AvgIpc) is 3.06. The monoisotopic (exact) mass is 410 g/mol. The van der Waals surface area contributed by atoms with Crippen molar-refractivity contribution >= 4 is 0 Å². The van der Waals surface area contributed by atoms with Crippen molar-refractivity contribution in [3.63, 3.8) is 0 Å². The van der Waals surface area contributed by atoms with Gasteiger partial charge in [0.15, 0.2) is 0 Å². The van der Waals surface area contributed by atoms with E-state index in [1.807, 2.05) is 0 Å². The Bertz CT molecular complexity index is 727. The van der Waals surface area contributed by atoms with Crippen molar-refractivity contribution in [2.24, 2.45) is 40.4 Å². The summed E-state index contributed by atoms with van der Waals surface area (Å²) in [5.74, 6) is 3.94. The molecule has 1 N–H and O–H groups in total. The summed E-state index contributed by atoms with van der Waals surface area (Å²) >= 11 is 0. The van der Waals surface area contributed by atoms with Gasteiger partial charge in [0.25, 0.3) is 0 Å². The standard InChI is InChI=1S/C29H46O/c1-7-21(19(2)3)9-8-20(4)25-12-13-26-24-11-10-22-18-23(30)14-16-28(22,5)27(24)15-17-29(25,26)6/h7,10,19,23-27,30H,4,8-9,11-18H2,1-3,5-6H3/b21-7-/t23-,24-,25+,26-,27-,28-,29+/m0/s1. The van der Waals surface area contributed by atoms with Gasteiger partial charge in [0, 0.05) is 0 Å². The Balaban J connectivity index is 1.49. The maximum atomic E-state index is 10.2. The number of rotatable bonds is 5. The smallest absolute Gasteiger partial charge is 0.0577 e. The summed E-state index contributed by atoms with van der Waals surface area (Å²) < 4.78 is 0. The Morgan fingerprint density at radius 2 is 1.90 bits per heavy atom. The Hall–Kier alpha value is -0.820. The Kier molecular flexibility index (Phi) is 6.17. The minimum absolute atomic E-state index is 0.0955. The molecule has 1 nitrogen and oxygen atoms in total. The van der Waals surface area contributed by atoms with E-state index in [0.29, 0.717) is 16.7 Å². The lowest BCUT2D eigenvalue weighted by molar-refractivity contribution is -0.0456. The third kappa shape index (κ3) is 3.58. The summed E-state index contributed by atoms with van der Waals surface area (Å²) in [6.45, 7) is 16.7. The van der Waals surface area contributed by atoms with E-state index in [9.17, 15) is 5.11 Å². The molecule has 0 aliphatic heterocycles. The Morgan fingerprint density at radius 1 is 1.13 bits per heavy atom. The molecule has 0 spiro atoms. The molecule has 0 aromatic rings. The van der Waals surface area contributed by atoms with E-state index in [4.69, 9.17) is 0 Å². The van der Waals surface area contributed by atoms with Crippen LogP contribution in [0, 0.1) is 40.4 Å². The summed E-state index contributed by atoms with van der Waals surface area (Å²) in [5, 5.41) is 10.2. The van der Waals surface area contributed by atoms with Gasteiger partial charge in [-0.3, -0.25) is 0 Å². The number of hydrogen-bond acceptors (Lipinski definition) is 1. The predicted molar refractivity (Wildman–Crippen MR) is 128 cm³/mol. The highest BCUT2D eigenvalue weighted by molar-refractivity contribution is 5.26. The molecule has 0 amide bonds. The molecular weight excluding hydrogens is 364 g/mol. The van der Waals surface area contributed by atoms with Crippen LogP contribution in [0.5, 0.6) is 0 Å². The number of allylic oxidation sites excluding steroid dienone is 4. The van der Waals surface area contributed by atoms with Crippen LogP contribution >= 0.6 is 0 Å². The van der Waals surface area contributed by atoms with E-state index < -0.39 is 0 Å². The predicted octanol–water partition coefficient (Wildman–Crippen LogP) is 7.87. The summed E-state index contributed by atoms with van der Waals surface area (Å²) in [6.07, 6.45) is 17.1. The largest absolute Gasteiger partial charge is 0.393 e. The fourth-order valence-corrected chi connectivity index (χ4v) is 8.56. The van der Waals surface area contributed by atoms with E-state index >= 15 is 0 Å². The molecule has 0 heterocycles. The van der Waals surface area contributed by atoms with Crippen molar-refractivity contribution in [3.05, 3.63) is 35.5 Å². The number of aliphatic hydroxyl groups is 1. The molecule has 1 heteroatoms. The molecule has 0 saturated heterocycles. The first-order valence-corrected chi connectivity index (χ1v) is 12.9. The average molecular weight is 411 g/mol. The van der Waals surface area contributed by atoms with E-state index in [0.717, 1.165) is 36.5 Å². The topological polar surface area (TPSA) is 20.2 Å². The molecule has 168 valence electrons. The van der Waals surface area contributed by atoms with Gasteiger partial charge in [0.05, 0.1) is 6.10 Å². The van der Waals surface area contributed by atoms with Gasteiger partial charge < -0.3 is 5.11 Å². The normalized spacial score (nSPS) is 43.6. The Morgan fingerprint density at radius 3 is 2.60 bits per heavy atom. The van der Waals surface area contributed by atoms with Crippen LogP contribution in [0.3, 0.4) is 0 Å². The zero-order chi connectivity index (χ0) is 21.7. The lowest BCUT2D eigenvalue weighted by Crippen LogP contribution is -2.50. The van der Waals surface area contributed by atoms with Crippen LogP contribution in [0.25, 0.3) is 0 Å². The first kappa shape index (κ1) is 22.4. The maximum absolute atomic E-state index is 10.2. The quantitative estimate of drug-likeness (QED) is 0.457. The van der Waals surface area contributed by atoms with Crippen molar-refractivity contribution in [1.82, 2.24) is 0 Å². The van der Waals surface area contributed by atoms with Crippen molar-refractivity contribution in [2.75, 3.05) is 0 Å². The maximum Gasteiger partial charge on any atom is 0.0577 e. The van der Waals surface area contributed by atoms with Crippen LogP contribution in [0.4, 0.5) is 0 Å². The number of hydrogen-bond donors (Lipinski definition) is 1. The van der Waals surface area contributed by atoms with Gasteiger partial charge in [-0.1, -0.05) is 63.1 Å². The van der Waals surface area contributed by atoms with Gasteiger partial charge >= 0.3 is 0 Å². The first-order valence-electron chi connectivity index (χ1n) is 12.9. The van der Waals surface area contributed by atoms with Crippen molar-refractivity contribution in [3.8, 4) is 0 Å². The molecule has 4 aliphatic rings. The van der Waals surface area contributed by atoms with Crippen LogP contribution < -0.4 is 0 Å². The third-order valence-corrected chi connectivity index (χ3v) is 10.4. The molecule has 3 fully saturated rings. The van der Waals surface area contributed by atoms with Gasteiger partial charge in [-0.2, -0.15) is 0 Å². The SMILES string of the molecule is C=C(CC/C(=C/C)C(C)C)[C@H]1CC[C@H]2[C@@H]3CC=C4C[C@@H](O)CC[C@]4(C)[C@H]3CC[C@]12C. The molecule has 7 atom stereocenters. The van der Waals surface area contributed by atoms with Gasteiger partial charge in [0.1, 0.15) is 0 Å². The molecule has 0 radical (unpaired) electrons. The number of aliphatic hydroxyl groups excluding tert-OH is 1. The van der Waals surface area contributed by atoms with Crippen molar-refractivity contribution in [2.45, 2.75) is 105 Å². The molecule has 4 aliphatic carbocycles. The second kappa shape index (κ2) is 8.27. The summed E-state index contributed by atoms with van der Waals surface area (Å²) in [4.78, 5) is 0. The highest BCUT2D eigenvalue weighted by Crippen LogP contribution is 2.67. The van der Waals surface area contributed by atoms with Gasteiger partial charge in [-0.15, -0.1) is 0 Å². The summed E-state index contributed by atoms with van der Waals surface area (Å²) in [5.41, 5.74) is 5.55. The van der Waals surface area contributed by atoms with Gasteiger partial charge in [-0.05, 0) is 112 Å². The first-order chi connectivity index (χ1) is 14.2. The molecule has 0 unspecified atom stereocenters. The molecule has 3 saturated carbocycles. The molecule has 0 aromatic carbocycles. The molecule has 0 aromatic heterocycles. The highest BCUT2D eigenvalue weighted by Gasteiger charge is 2.58. The fourth-order valence-electron chi connectivity index (χ4n) is 8.56. The van der Waals surface area contributed by atoms with E-state index in [-0.39, 0.29) is 6.10 Å². The third-order valence-electron chi connectivity index (χ3n) is 10.4.